The minimum atomic E-state index is -3.27. The van der Waals surface area contributed by atoms with Gasteiger partial charge in [0, 0.05) is 19.0 Å². The number of hydrogen-bond acceptors (Lipinski definition) is 8. The Kier molecular flexibility index (Phi) is 6.12. The first-order valence-corrected chi connectivity index (χ1v) is 10.4. The summed E-state index contributed by atoms with van der Waals surface area (Å²) < 4.78 is 54.8. The van der Waals surface area contributed by atoms with Crippen molar-refractivity contribution in [3.05, 3.63) is 45.8 Å². The van der Waals surface area contributed by atoms with Crippen LogP contribution >= 0.6 is 0 Å². The quantitative estimate of drug-likeness (QED) is 0.330. The van der Waals surface area contributed by atoms with E-state index >= 15 is 0 Å². The van der Waals surface area contributed by atoms with Gasteiger partial charge >= 0.3 is 5.69 Å². The van der Waals surface area contributed by atoms with E-state index < -0.39 is 40.7 Å². The highest BCUT2D eigenvalue weighted by atomic mass is 19.3. The van der Waals surface area contributed by atoms with Crippen LogP contribution in [0.25, 0.3) is 22.3 Å². The summed E-state index contributed by atoms with van der Waals surface area (Å²) in [7, 11) is 2.74. The summed E-state index contributed by atoms with van der Waals surface area (Å²) in [6.45, 7) is -0.265. The Bertz CT molecular complexity index is 1380. The second-order valence-electron chi connectivity index (χ2n) is 8.05. The zero-order chi connectivity index (χ0) is 25.5. The zero-order valence-electron chi connectivity index (χ0n) is 18.7. The first kappa shape index (κ1) is 24.0. The normalized spacial score (nSPS) is 17.7. The van der Waals surface area contributed by atoms with Crippen molar-refractivity contribution in [1.82, 2.24) is 14.9 Å². The van der Waals surface area contributed by atoms with E-state index in [0.717, 1.165) is 0 Å². The molecule has 0 amide bonds. The number of benzene rings is 2. The van der Waals surface area contributed by atoms with E-state index in [2.05, 4.69) is 15.9 Å². The molecule has 4 rings (SSSR count). The van der Waals surface area contributed by atoms with Crippen molar-refractivity contribution >= 4 is 22.4 Å². The maximum Gasteiger partial charge on any atom is 0.327 e. The average Bonchev–Trinajstić information content (AvgIpc) is 2.79. The van der Waals surface area contributed by atoms with Crippen LogP contribution in [0.1, 0.15) is 12.0 Å². The average molecular weight is 487 g/mol. The van der Waals surface area contributed by atoms with Gasteiger partial charge in [-0.3, -0.25) is 10.1 Å². The number of alkyl halides is 2. The lowest BCUT2D eigenvalue weighted by Crippen LogP contribution is -2.52. The maximum atomic E-state index is 14.8. The molecule has 3 aromatic rings. The summed E-state index contributed by atoms with van der Waals surface area (Å²) in [5.41, 5.74) is 5.16. The van der Waals surface area contributed by atoms with Crippen LogP contribution in [0.3, 0.4) is 0 Å². The molecule has 0 aliphatic carbocycles. The second-order valence-corrected chi connectivity index (χ2v) is 8.05. The number of nitro groups is 1. The van der Waals surface area contributed by atoms with E-state index in [1.807, 2.05) is 0 Å². The highest BCUT2D eigenvalue weighted by Gasteiger charge is 2.47. The van der Waals surface area contributed by atoms with E-state index in [0.29, 0.717) is 6.54 Å². The Labute approximate surface area is 197 Å². The summed E-state index contributed by atoms with van der Waals surface area (Å²) in [5, 5.41) is 11.8. The number of halogens is 3. The molecule has 1 unspecified atom stereocenters. The third-order valence-corrected chi connectivity index (χ3v) is 5.69. The van der Waals surface area contributed by atoms with Gasteiger partial charge in [0.1, 0.15) is 17.0 Å². The Morgan fingerprint density at radius 3 is 2.74 bits per heavy atom. The molecule has 0 saturated carbocycles. The summed E-state index contributed by atoms with van der Waals surface area (Å²) in [6, 6.07) is 5.51. The van der Waals surface area contributed by atoms with Crippen LogP contribution < -0.4 is 15.2 Å². The number of nitrogens with two attached hydrogens (primary N) is 1. The van der Waals surface area contributed by atoms with Crippen LogP contribution in [0, 0.1) is 28.3 Å². The number of nitrogen functional groups attached to an aromatic ring is 1. The first-order chi connectivity index (χ1) is 16.6. The minimum absolute atomic E-state index is 0.0314. The molecule has 9 nitrogen and oxygen atoms in total. The SMILES string of the molecule is C#Cc1cccc(-c2nc(N)c3c([N+](=O)[O-])c(OC4CCN(C)CC4(F)F)c(OC)cc3n2)c1F. The fourth-order valence-electron chi connectivity index (χ4n) is 4.02. The number of fused-ring (bicyclic) bond motifs is 1. The second kappa shape index (κ2) is 8.92. The topological polar surface area (TPSA) is 117 Å². The number of hydrogen-bond donors (Lipinski definition) is 1. The number of piperidine rings is 1. The van der Waals surface area contributed by atoms with Gasteiger partial charge in [0.05, 0.1) is 35.2 Å². The van der Waals surface area contributed by atoms with Crippen LogP contribution in [0.15, 0.2) is 24.3 Å². The van der Waals surface area contributed by atoms with Gasteiger partial charge in [0.15, 0.2) is 17.7 Å². The molecule has 0 radical (unpaired) electrons. The lowest BCUT2D eigenvalue weighted by molar-refractivity contribution is -0.384. The number of terminal acetylenes is 1. The Morgan fingerprint density at radius 2 is 2.11 bits per heavy atom. The van der Waals surface area contributed by atoms with E-state index in [1.54, 1.807) is 7.05 Å². The number of nitro benzene ring substituents is 1. The van der Waals surface area contributed by atoms with Crippen molar-refractivity contribution in [2.75, 3.05) is 33.0 Å². The third kappa shape index (κ3) is 4.26. The molecule has 1 saturated heterocycles. The van der Waals surface area contributed by atoms with E-state index in [-0.39, 0.29) is 45.8 Å². The highest BCUT2D eigenvalue weighted by Crippen LogP contribution is 2.47. The van der Waals surface area contributed by atoms with Gasteiger partial charge in [-0.1, -0.05) is 12.0 Å². The van der Waals surface area contributed by atoms with E-state index in [9.17, 15) is 23.3 Å². The standard InChI is InChI=1S/C23H20F3N5O4/c1-4-12-6-5-7-13(18(12)24)22-28-14-10-15(34-3)20(19(31(32)33)17(14)21(27)29-22)35-16-8-9-30(2)11-23(16,25)26/h1,5-7,10,16H,8-9,11H2,2-3H3,(H2,27,28,29). The van der Waals surface area contributed by atoms with Gasteiger partial charge in [-0.25, -0.2) is 23.1 Å². The molecule has 1 atom stereocenters. The molecule has 1 aliphatic rings. The highest BCUT2D eigenvalue weighted by molar-refractivity contribution is 6.01. The van der Waals surface area contributed by atoms with Gasteiger partial charge in [-0.15, -0.1) is 6.42 Å². The smallest absolute Gasteiger partial charge is 0.327 e. The van der Waals surface area contributed by atoms with Crippen molar-refractivity contribution < 1.29 is 27.6 Å². The number of anilines is 1. The number of methoxy groups -OCH3 is 1. The Balaban J connectivity index is 1.91. The maximum absolute atomic E-state index is 14.8. The lowest BCUT2D eigenvalue weighted by atomic mass is 10.0. The summed E-state index contributed by atoms with van der Waals surface area (Å²) >= 11 is 0. The van der Waals surface area contributed by atoms with Gasteiger partial charge in [-0.2, -0.15) is 0 Å². The van der Waals surface area contributed by atoms with Crippen molar-refractivity contribution in [1.29, 1.82) is 0 Å². The van der Waals surface area contributed by atoms with Crippen LogP contribution in [-0.4, -0.2) is 59.1 Å². The molecule has 1 aromatic heterocycles. The Hall–Kier alpha value is -4.11. The summed E-state index contributed by atoms with van der Waals surface area (Å²) in [4.78, 5) is 21.0. The third-order valence-electron chi connectivity index (χ3n) is 5.69. The molecular formula is C23H20F3N5O4. The van der Waals surface area contributed by atoms with Crippen LogP contribution in [0.2, 0.25) is 0 Å². The van der Waals surface area contributed by atoms with E-state index in [4.69, 9.17) is 21.6 Å². The van der Waals surface area contributed by atoms with Gasteiger partial charge in [-0.05, 0) is 19.2 Å². The molecule has 12 heteroatoms. The molecule has 0 bridgehead atoms. The van der Waals surface area contributed by atoms with Crippen molar-refractivity contribution in [2.24, 2.45) is 0 Å². The summed E-state index contributed by atoms with van der Waals surface area (Å²) in [6.07, 6.45) is 3.61. The van der Waals surface area contributed by atoms with Gasteiger partial charge in [0.2, 0.25) is 5.75 Å². The molecule has 2 N–H and O–H groups in total. The van der Waals surface area contributed by atoms with Crippen LogP contribution in [-0.2, 0) is 0 Å². The van der Waals surface area contributed by atoms with Gasteiger partial charge in [0.25, 0.3) is 5.92 Å². The molecule has 1 fully saturated rings. The van der Waals surface area contributed by atoms with Crippen molar-refractivity contribution in [2.45, 2.75) is 18.4 Å². The van der Waals surface area contributed by atoms with Gasteiger partial charge < -0.3 is 20.1 Å². The molecular weight excluding hydrogens is 467 g/mol. The number of aromatic nitrogens is 2. The number of likely N-dealkylation sites (tertiary alicyclic amines) is 1. The molecule has 35 heavy (non-hydrogen) atoms. The van der Waals surface area contributed by atoms with E-state index in [1.165, 1.54) is 36.3 Å². The largest absolute Gasteiger partial charge is 0.493 e. The zero-order valence-corrected chi connectivity index (χ0v) is 18.7. The molecule has 0 spiro atoms. The first-order valence-electron chi connectivity index (χ1n) is 10.4. The van der Waals surface area contributed by atoms with Crippen LogP contribution in [0.4, 0.5) is 24.7 Å². The van der Waals surface area contributed by atoms with Crippen molar-refractivity contribution in [3.63, 3.8) is 0 Å². The van der Waals surface area contributed by atoms with Crippen LogP contribution in [0.5, 0.6) is 11.5 Å². The molecule has 182 valence electrons. The monoisotopic (exact) mass is 487 g/mol. The Morgan fingerprint density at radius 1 is 1.37 bits per heavy atom. The summed E-state index contributed by atoms with van der Waals surface area (Å²) in [5.74, 6) is -3.09. The lowest BCUT2D eigenvalue weighted by Gasteiger charge is -2.36. The number of rotatable bonds is 5. The minimum Gasteiger partial charge on any atom is -0.493 e. The predicted molar refractivity (Wildman–Crippen MR) is 122 cm³/mol. The predicted octanol–water partition coefficient (Wildman–Crippen LogP) is 3.63. The molecule has 1 aliphatic heterocycles. The fraction of sp³-hybridized carbons (Fsp3) is 0.304. The fourth-order valence-corrected chi connectivity index (χ4v) is 4.02. The molecule has 2 aromatic carbocycles. The number of ether oxygens (including phenoxy) is 2. The number of nitrogens with zero attached hydrogens (tertiary/aromatic N) is 4. The van der Waals surface area contributed by atoms with Crippen molar-refractivity contribution in [3.8, 4) is 35.2 Å². The molecule has 2 heterocycles.